The third kappa shape index (κ3) is 5.67. The van der Waals surface area contributed by atoms with Crippen LogP contribution in [0.5, 0.6) is 5.75 Å². The van der Waals surface area contributed by atoms with Crippen LogP contribution >= 0.6 is 0 Å². The van der Waals surface area contributed by atoms with Crippen molar-refractivity contribution < 1.29 is 28.5 Å². The van der Waals surface area contributed by atoms with E-state index in [-0.39, 0.29) is 17.9 Å². The molecule has 0 bridgehead atoms. The molecule has 0 aromatic heterocycles. The highest BCUT2D eigenvalue weighted by molar-refractivity contribution is 5.90. The molecule has 1 aromatic rings. The Kier molecular flexibility index (Phi) is 6.84. The van der Waals surface area contributed by atoms with Crippen LogP contribution in [0.25, 0.3) is 0 Å². The van der Waals surface area contributed by atoms with Gasteiger partial charge in [-0.25, -0.2) is 9.18 Å². The topological polar surface area (TPSA) is 65.0 Å². The second kappa shape index (κ2) is 8.44. The van der Waals surface area contributed by atoms with Crippen molar-refractivity contribution >= 4 is 5.97 Å². The molecule has 1 rings (SSSR count). The van der Waals surface area contributed by atoms with Gasteiger partial charge in [0, 0.05) is 20.3 Å². The second-order valence-corrected chi connectivity index (χ2v) is 3.75. The molecule has 106 valence electrons. The Morgan fingerprint density at radius 2 is 2.05 bits per heavy atom. The predicted molar refractivity (Wildman–Crippen MR) is 66.2 cm³/mol. The Labute approximate surface area is 110 Å². The Balaban J connectivity index is 2.35. The van der Waals surface area contributed by atoms with Crippen LogP contribution in [0.4, 0.5) is 4.39 Å². The Hall–Kier alpha value is -1.66. The van der Waals surface area contributed by atoms with Gasteiger partial charge >= 0.3 is 5.97 Å². The van der Waals surface area contributed by atoms with Crippen molar-refractivity contribution in [3.8, 4) is 5.75 Å². The Morgan fingerprint density at radius 1 is 1.26 bits per heavy atom. The number of aromatic carboxylic acids is 1. The molecule has 0 unspecified atom stereocenters. The number of methoxy groups -OCH3 is 1. The van der Waals surface area contributed by atoms with Gasteiger partial charge in [0.25, 0.3) is 0 Å². The van der Waals surface area contributed by atoms with Gasteiger partial charge < -0.3 is 19.3 Å². The van der Waals surface area contributed by atoms with Crippen LogP contribution in [0.1, 0.15) is 16.8 Å². The molecule has 0 aliphatic carbocycles. The number of carboxylic acids is 1. The zero-order chi connectivity index (χ0) is 14.1. The number of carboxylic acid groups (broad SMARTS) is 1. The lowest BCUT2D eigenvalue weighted by Gasteiger charge is -2.09. The number of ether oxygens (including phenoxy) is 3. The van der Waals surface area contributed by atoms with Gasteiger partial charge in [-0.05, 0) is 24.6 Å². The van der Waals surface area contributed by atoms with Crippen LogP contribution in [0, 0.1) is 5.82 Å². The van der Waals surface area contributed by atoms with E-state index in [9.17, 15) is 9.18 Å². The molecule has 0 aliphatic rings. The minimum absolute atomic E-state index is 0.134. The number of benzene rings is 1. The van der Waals surface area contributed by atoms with Crippen LogP contribution < -0.4 is 4.74 Å². The lowest BCUT2D eigenvalue weighted by molar-refractivity contribution is 0.0676. The first-order valence-corrected chi connectivity index (χ1v) is 5.87. The Morgan fingerprint density at radius 3 is 2.74 bits per heavy atom. The normalized spacial score (nSPS) is 10.4. The molecule has 0 heterocycles. The molecule has 5 nitrogen and oxygen atoms in total. The minimum atomic E-state index is -1.23. The molecule has 0 amide bonds. The lowest BCUT2D eigenvalue weighted by atomic mass is 10.2. The summed E-state index contributed by atoms with van der Waals surface area (Å²) in [6, 6.07) is 3.38. The van der Waals surface area contributed by atoms with Gasteiger partial charge in [0.15, 0.2) is 0 Å². The number of hydrogen-bond acceptors (Lipinski definition) is 4. The smallest absolute Gasteiger partial charge is 0.339 e. The van der Waals surface area contributed by atoms with Gasteiger partial charge in [0.2, 0.25) is 0 Å². The van der Waals surface area contributed by atoms with Gasteiger partial charge in [-0.15, -0.1) is 0 Å². The SMILES string of the molecule is COCCCOCCOc1ccc(F)cc1C(=O)O. The largest absolute Gasteiger partial charge is 0.490 e. The van der Waals surface area contributed by atoms with Crippen LogP contribution in [-0.2, 0) is 9.47 Å². The van der Waals surface area contributed by atoms with Crippen LogP contribution in [-0.4, -0.2) is 44.6 Å². The van der Waals surface area contributed by atoms with Crippen molar-refractivity contribution in [2.45, 2.75) is 6.42 Å². The van der Waals surface area contributed by atoms with E-state index in [2.05, 4.69) is 0 Å². The van der Waals surface area contributed by atoms with Crippen molar-refractivity contribution in [3.05, 3.63) is 29.6 Å². The van der Waals surface area contributed by atoms with Crippen molar-refractivity contribution in [1.82, 2.24) is 0 Å². The summed E-state index contributed by atoms with van der Waals surface area (Å²) in [6.45, 7) is 1.72. The molecule has 1 aromatic carbocycles. The fraction of sp³-hybridized carbons (Fsp3) is 0.462. The molecule has 0 saturated carbocycles. The van der Waals surface area contributed by atoms with Crippen LogP contribution in [0.2, 0.25) is 0 Å². The molecule has 19 heavy (non-hydrogen) atoms. The van der Waals surface area contributed by atoms with Gasteiger partial charge in [0.05, 0.1) is 6.61 Å². The minimum Gasteiger partial charge on any atom is -0.490 e. The average Bonchev–Trinajstić information content (AvgIpc) is 2.39. The number of rotatable bonds is 9. The first-order chi connectivity index (χ1) is 9.15. The first kappa shape index (κ1) is 15.4. The quantitative estimate of drug-likeness (QED) is 0.696. The van der Waals surface area contributed by atoms with Gasteiger partial charge in [-0.2, -0.15) is 0 Å². The summed E-state index contributed by atoms with van der Waals surface area (Å²) >= 11 is 0. The maximum atomic E-state index is 12.9. The van der Waals surface area contributed by atoms with Crippen molar-refractivity contribution in [1.29, 1.82) is 0 Å². The zero-order valence-corrected chi connectivity index (χ0v) is 10.7. The monoisotopic (exact) mass is 272 g/mol. The highest BCUT2D eigenvalue weighted by Gasteiger charge is 2.12. The van der Waals surface area contributed by atoms with E-state index in [1.807, 2.05) is 0 Å². The van der Waals surface area contributed by atoms with E-state index in [4.69, 9.17) is 19.3 Å². The Bertz CT molecular complexity index is 408. The summed E-state index contributed by atoms with van der Waals surface area (Å²) in [6.07, 6.45) is 0.785. The van der Waals surface area contributed by atoms with E-state index >= 15 is 0 Å². The summed E-state index contributed by atoms with van der Waals surface area (Å²) in [5.74, 6) is -1.70. The molecular weight excluding hydrogens is 255 g/mol. The average molecular weight is 272 g/mol. The van der Waals surface area contributed by atoms with Crippen LogP contribution in [0.3, 0.4) is 0 Å². The van der Waals surface area contributed by atoms with Gasteiger partial charge in [0.1, 0.15) is 23.7 Å². The molecule has 6 heteroatoms. The van der Waals surface area contributed by atoms with Crippen molar-refractivity contribution in [2.75, 3.05) is 33.5 Å². The molecule has 0 fully saturated rings. The number of carbonyl (C=O) groups is 1. The fourth-order valence-corrected chi connectivity index (χ4v) is 1.41. The molecular formula is C13H17FO5. The molecule has 0 atom stereocenters. The summed E-state index contributed by atoms with van der Waals surface area (Å²) in [5, 5.41) is 8.90. The molecule has 0 saturated heterocycles. The lowest BCUT2D eigenvalue weighted by Crippen LogP contribution is -2.11. The molecule has 0 spiro atoms. The summed E-state index contributed by atoms with van der Waals surface area (Å²) < 4.78 is 28.3. The van der Waals surface area contributed by atoms with Crippen molar-refractivity contribution in [2.24, 2.45) is 0 Å². The molecule has 0 radical (unpaired) electrons. The first-order valence-electron chi connectivity index (χ1n) is 5.87. The highest BCUT2D eigenvalue weighted by atomic mass is 19.1. The molecule has 0 aliphatic heterocycles. The fourth-order valence-electron chi connectivity index (χ4n) is 1.41. The van der Waals surface area contributed by atoms with E-state index in [1.165, 1.54) is 6.07 Å². The van der Waals surface area contributed by atoms with Crippen molar-refractivity contribution in [3.63, 3.8) is 0 Å². The third-order valence-corrected chi connectivity index (χ3v) is 2.29. The number of halogens is 1. The van der Waals surface area contributed by atoms with E-state index < -0.39 is 11.8 Å². The van der Waals surface area contributed by atoms with Gasteiger partial charge in [-0.3, -0.25) is 0 Å². The predicted octanol–water partition coefficient (Wildman–Crippen LogP) is 1.96. The molecule has 1 N–H and O–H groups in total. The summed E-state index contributed by atoms with van der Waals surface area (Å²) in [7, 11) is 1.62. The van der Waals surface area contributed by atoms with Crippen LogP contribution in [0.15, 0.2) is 18.2 Å². The third-order valence-electron chi connectivity index (χ3n) is 2.29. The highest BCUT2D eigenvalue weighted by Crippen LogP contribution is 2.19. The van der Waals surface area contributed by atoms with E-state index in [1.54, 1.807) is 7.11 Å². The van der Waals surface area contributed by atoms with E-state index in [0.717, 1.165) is 18.6 Å². The maximum absolute atomic E-state index is 12.9. The summed E-state index contributed by atoms with van der Waals surface area (Å²) in [4.78, 5) is 10.9. The zero-order valence-electron chi connectivity index (χ0n) is 10.7. The second-order valence-electron chi connectivity index (χ2n) is 3.75. The van der Waals surface area contributed by atoms with Gasteiger partial charge in [-0.1, -0.05) is 0 Å². The summed E-state index contributed by atoms with van der Waals surface area (Å²) in [5.41, 5.74) is -0.195. The van der Waals surface area contributed by atoms with E-state index in [0.29, 0.717) is 19.8 Å². The number of hydrogen-bond donors (Lipinski definition) is 1. The maximum Gasteiger partial charge on any atom is 0.339 e. The standard InChI is InChI=1S/C13H17FO5/c1-17-5-2-6-18-7-8-19-12-4-3-10(14)9-11(12)13(15)16/h3-4,9H,2,5-8H2,1H3,(H,15,16).